The number of nitrogens with two attached hydrogens (primary N) is 1. The second-order valence-corrected chi connectivity index (χ2v) is 3.37. The summed E-state index contributed by atoms with van der Waals surface area (Å²) in [6.45, 7) is 1.74. The Hall–Kier alpha value is -1.43. The van der Waals surface area contributed by atoms with E-state index in [0.717, 1.165) is 6.20 Å². The van der Waals surface area contributed by atoms with Crippen molar-refractivity contribution in [1.29, 1.82) is 0 Å². The van der Waals surface area contributed by atoms with E-state index in [1.54, 1.807) is 6.92 Å². The number of ether oxygens (including phenoxy) is 1. The first-order valence-corrected chi connectivity index (χ1v) is 5.34. The van der Waals surface area contributed by atoms with Crippen LogP contribution in [0, 0.1) is 0 Å². The lowest BCUT2D eigenvalue weighted by atomic mass is 10.1. The molecule has 1 aromatic heterocycles. The topological polar surface area (TPSA) is 65.2 Å². The smallest absolute Gasteiger partial charge is 0.340 e. The Bertz CT molecular complexity index is 427. The Morgan fingerprint density at radius 2 is 2.29 bits per heavy atom. The molecule has 0 saturated carbocycles. The molecule has 7 heteroatoms. The van der Waals surface area contributed by atoms with E-state index in [-0.39, 0.29) is 29.4 Å². The molecule has 0 amide bonds. The summed E-state index contributed by atoms with van der Waals surface area (Å²) in [5, 5.41) is 0. The van der Waals surface area contributed by atoms with E-state index in [4.69, 9.17) is 22.1 Å². The Kier molecular flexibility index (Phi) is 4.62. The van der Waals surface area contributed by atoms with Gasteiger partial charge in [-0.05, 0) is 12.5 Å². The number of hydrogen-bond acceptors (Lipinski definition) is 4. The summed E-state index contributed by atoms with van der Waals surface area (Å²) in [5.74, 6) is -1.33. The van der Waals surface area contributed by atoms with E-state index in [1.807, 2.05) is 0 Å². The predicted octanol–water partition coefficient (Wildman–Crippen LogP) is 2.52. The van der Waals surface area contributed by atoms with Gasteiger partial charge in [0, 0.05) is 12.1 Å². The van der Waals surface area contributed by atoms with Crippen molar-refractivity contribution < 1.29 is 18.3 Å². The fraction of sp³-hybridized carbons (Fsp3) is 0.400. The van der Waals surface area contributed by atoms with Gasteiger partial charge in [0.15, 0.2) is 0 Å². The maximum Gasteiger partial charge on any atom is 0.340 e. The van der Waals surface area contributed by atoms with Gasteiger partial charge in [0.1, 0.15) is 5.82 Å². The summed E-state index contributed by atoms with van der Waals surface area (Å²) >= 11 is 5.57. The standard InChI is InChI=1S/C10H11ClF2N2O2/c1-2-17-10(16)6-4-15-9(14)7(8(12)13)5(6)3-11/h4,8H,2-3H2,1H3,(H2,14,15). The van der Waals surface area contributed by atoms with Crippen molar-refractivity contribution in [1.82, 2.24) is 4.98 Å². The third-order valence-corrected chi connectivity index (χ3v) is 2.37. The van der Waals surface area contributed by atoms with Crippen LogP contribution < -0.4 is 5.73 Å². The van der Waals surface area contributed by atoms with Crippen molar-refractivity contribution in [2.45, 2.75) is 19.2 Å². The van der Waals surface area contributed by atoms with Crippen LogP contribution in [0.1, 0.15) is 34.8 Å². The molecule has 0 spiro atoms. The summed E-state index contributed by atoms with van der Waals surface area (Å²) in [7, 11) is 0. The van der Waals surface area contributed by atoms with Gasteiger partial charge in [0.05, 0.1) is 17.7 Å². The molecule has 0 aliphatic carbocycles. The van der Waals surface area contributed by atoms with E-state index in [9.17, 15) is 13.6 Å². The minimum absolute atomic E-state index is 0.0346. The van der Waals surface area contributed by atoms with Crippen molar-refractivity contribution in [3.8, 4) is 0 Å². The number of hydrogen-bond donors (Lipinski definition) is 1. The lowest BCUT2D eigenvalue weighted by Gasteiger charge is -2.12. The van der Waals surface area contributed by atoms with E-state index in [1.165, 1.54) is 0 Å². The first-order valence-electron chi connectivity index (χ1n) is 4.81. The van der Waals surface area contributed by atoms with Gasteiger partial charge in [0.25, 0.3) is 6.43 Å². The second-order valence-electron chi connectivity index (χ2n) is 3.10. The Balaban J connectivity index is 3.32. The largest absolute Gasteiger partial charge is 0.462 e. The molecular weight excluding hydrogens is 254 g/mol. The van der Waals surface area contributed by atoms with Gasteiger partial charge in [0.2, 0.25) is 0 Å². The molecule has 0 bridgehead atoms. The first-order chi connectivity index (χ1) is 8.02. The van der Waals surface area contributed by atoms with E-state index in [2.05, 4.69) is 4.98 Å². The number of nitrogens with zero attached hydrogens (tertiary/aromatic N) is 1. The number of rotatable bonds is 4. The third kappa shape index (κ3) is 2.82. The highest BCUT2D eigenvalue weighted by Crippen LogP contribution is 2.30. The van der Waals surface area contributed by atoms with Gasteiger partial charge in [-0.1, -0.05) is 0 Å². The number of esters is 1. The molecule has 0 fully saturated rings. The number of halogens is 3. The van der Waals surface area contributed by atoms with Crippen LogP contribution in [0.25, 0.3) is 0 Å². The highest BCUT2D eigenvalue weighted by atomic mass is 35.5. The summed E-state index contributed by atoms with van der Waals surface area (Å²) in [5.41, 5.74) is 4.72. The van der Waals surface area contributed by atoms with Gasteiger partial charge in [-0.3, -0.25) is 0 Å². The van der Waals surface area contributed by atoms with Crippen LogP contribution in [0.15, 0.2) is 6.20 Å². The molecule has 0 radical (unpaired) electrons. The highest BCUT2D eigenvalue weighted by molar-refractivity contribution is 6.17. The molecule has 1 aromatic rings. The average Bonchev–Trinajstić information content (AvgIpc) is 2.27. The zero-order valence-electron chi connectivity index (χ0n) is 9.04. The lowest BCUT2D eigenvalue weighted by molar-refractivity contribution is 0.0524. The molecule has 0 saturated heterocycles. The first kappa shape index (κ1) is 13.6. The van der Waals surface area contributed by atoms with Crippen LogP contribution in [0.2, 0.25) is 0 Å². The molecular formula is C10H11ClF2N2O2. The number of alkyl halides is 3. The van der Waals surface area contributed by atoms with Gasteiger partial charge in [-0.2, -0.15) is 0 Å². The molecule has 0 aliphatic rings. The number of anilines is 1. The van der Waals surface area contributed by atoms with E-state index >= 15 is 0 Å². The number of carbonyl (C=O) groups excluding carboxylic acids is 1. The highest BCUT2D eigenvalue weighted by Gasteiger charge is 2.23. The number of aromatic nitrogens is 1. The molecule has 0 unspecified atom stereocenters. The third-order valence-electron chi connectivity index (χ3n) is 2.11. The Morgan fingerprint density at radius 3 is 2.76 bits per heavy atom. The zero-order valence-corrected chi connectivity index (χ0v) is 9.80. The maximum absolute atomic E-state index is 12.8. The van der Waals surface area contributed by atoms with Crippen LogP contribution in [-0.2, 0) is 10.6 Å². The molecule has 4 nitrogen and oxygen atoms in total. The summed E-state index contributed by atoms with van der Waals surface area (Å²) in [6, 6.07) is 0. The fourth-order valence-corrected chi connectivity index (χ4v) is 1.64. The van der Waals surface area contributed by atoms with Crippen LogP contribution >= 0.6 is 11.6 Å². The molecule has 94 valence electrons. The minimum Gasteiger partial charge on any atom is -0.462 e. The van der Waals surface area contributed by atoms with Crippen molar-refractivity contribution in [2.75, 3.05) is 12.3 Å². The predicted molar refractivity (Wildman–Crippen MR) is 59.1 cm³/mol. The summed E-state index contributed by atoms with van der Waals surface area (Å²) in [4.78, 5) is 15.1. The van der Waals surface area contributed by atoms with E-state index < -0.39 is 18.0 Å². The quantitative estimate of drug-likeness (QED) is 0.670. The minimum atomic E-state index is -2.84. The molecule has 0 aromatic carbocycles. The molecule has 17 heavy (non-hydrogen) atoms. The van der Waals surface area contributed by atoms with Gasteiger partial charge in [-0.25, -0.2) is 18.6 Å². The van der Waals surface area contributed by atoms with Crippen molar-refractivity contribution in [3.05, 3.63) is 22.9 Å². The Morgan fingerprint density at radius 1 is 1.65 bits per heavy atom. The Labute approximate surface area is 102 Å². The summed E-state index contributed by atoms with van der Waals surface area (Å²) < 4.78 is 30.3. The van der Waals surface area contributed by atoms with Crippen molar-refractivity contribution in [2.24, 2.45) is 0 Å². The van der Waals surface area contributed by atoms with Crippen LogP contribution in [0.5, 0.6) is 0 Å². The van der Waals surface area contributed by atoms with Crippen LogP contribution in [0.3, 0.4) is 0 Å². The van der Waals surface area contributed by atoms with Crippen LogP contribution in [-0.4, -0.2) is 17.6 Å². The zero-order chi connectivity index (χ0) is 13.0. The average molecular weight is 265 g/mol. The van der Waals surface area contributed by atoms with Gasteiger partial charge >= 0.3 is 5.97 Å². The van der Waals surface area contributed by atoms with Crippen molar-refractivity contribution >= 4 is 23.4 Å². The lowest BCUT2D eigenvalue weighted by Crippen LogP contribution is -2.13. The molecule has 2 N–H and O–H groups in total. The monoisotopic (exact) mass is 264 g/mol. The fourth-order valence-electron chi connectivity index (χ4n) is 1.35. The molecule has 1 rings (SSSR count). The van der Waals surface area contributed by atoms with Gasteiger partial charge in [-0.15, -0.1) is 11.6 Å². The molecule has 1 heterocycles. The SMILES string of the molecule is CCOC(=O)c1cnc(N)c(C(F)F)c1CCl. The number of nitrogen functional groups attached to an aromatic ring is 1. The normalized spacial score (nSPS) is 10.6. The van der Waals surface area contributed by atoms with Crippen molar-refractivity contribution in [3.63, 3.8) is 0 Å². The number of pyridine rings is 1. The molecule has 0 aliphatic heterocycles. The second kappa shape index (κ2) is 5.77. The summed E-state index contributed by atoms with van der Waals surface area (Å²) in [6.07, 6.45) is -1.75. The molecule has 0 atom stereocenters. The van der Waals surface area contributed by atoms with Crippen LogP contribution in [0.4, 0.5) is 14.6 Å². The maximum atomic E-state index is 12.8. The van der Waals surface area contributed by atoms with E-state index in [0.29, 0.717) is 0 Å². The van der Waals surface area contributed by atoms with Gasteiger partial charge < -0.3 is 10.5 Å². The number of carbonyl (C=O) groups is 1.